The van der Waals surface area contributed by atoms with Gasteiger partial charge in [-0.25, -0.2) is 8.78 Å². The third-order valence-corrected chi connectivity index (χ3v) is 3.79. The summed E-state index contributed by atoms with van der Waals surface area (Å²) in [6.45, 7) is 0.337. The molecule has 1 N–H and O–H groups in total. The first-order chi connectivity index (χ1) is 7.98. The van der Waals surface area contributed by atoms with Crippen molar-refractivity contribution in [3.05, 3.63) is 0 Å². The number of rotatable bonds is 3. The third-order valence-electron chi connectivity index (χ3n) is 3.79. The molecular formula is C12H21ClF2N2O. The largest absolute Gasteiger partial charge is 0.344 e. The van der Waals surface area contributed by atoms with E-state index in [1.54, 1.807) is 11.9 Å². The second-order valence-electron chi connectivity index (χ2n) is 5.36. The molecule has 0 bridgehead atoms. The fourth-order valence-electron chi connectivity index (χ4n) is 2.83. The number of nitrogens with zero attached hydrogens (tertiary/aromatic N) is 1. The first kappa shape index (κ1) is 15.6. The van der Waals surface area contributed by atoms with E-state index in [0.29, 0.717) is 12.5 Å². The van der Waals surface area contributed by atoms with Gasteiger partial charge in [-0.2, -0.15) is 0 Å². The van der Waals surface area contributed by atoms with Crippen LogP contribution in [0.1, 0.15) is 32.1 Å². The van der Waals surface area contributed by atoms with E-state index in [9.17, 15) is 13.6 Å². The minimum atomic E-state index is -2.73. The molecule has 18 heavy (non-hydrogen) atoms. The Morgan fingerprint density at radius 2 is 2.00 bits per heavy atom. The van der Waals surface area contributed by atoms with E-state index in [0.717, 1.165) is 12.8 Å². The van der Waals surface area contributed by atoms with Crippen LogP contribution in [0.3, 0.4) is 0 Å². The summed E-state index contributed by atoms with van der Waals surface area (Å²) in [5.74, 6) is -2.35. The first-order valence-electron chi connectivity index (χ1n) is 6.34. The number of carbonyl (C=O) groups excluding carboxylic acids is 1. The monoisotopic (exact) mass is 282 g/mol. The molecule has 3 nitrogen and oxygen atoms in total. The van der Waals surface area contributed by atoms with Crippen LogP contribution in [0.2, 0.25) is 0 Å². The fourth-order valence-corrected chi connectivity index (χ4v) is 2.83. The van der Waals surface area contributed by atoms with Crippen molar-refractivity contribution >= 4 is 18.3 Å². The minimum absolute atomic E-state index is 0. The molecule has 1 amide bonds. The van der Waals surface area contributed by atoms with Crippen LogP contribution in [0.5, 0.6) is 0 Å². The Morgan fingerprint density at radius 3 is 2.50 bits per heavy atom. The number of hydrogen-bond acceptors (Lipinski definition) is 2. The van der Waals surface area contributed by atoms with Gasteiger partial charge >= 0.3 is 0 Å². The standard InChI is InChI=1S/C12H20F2N2O.ClH/c1-16(7-9-4-2-3-5-9)11(17)10-6-12(13,14)8-15-10;/h9-10,15H,2-8H2,1H3;1H. The summed E-state index contributed by atoms with van der Waals surface area (Å²) in [4.78, 5) is 13.6. The molecule has 0 aromatic carbocycles. The summed E-state index contributed by atoms with van der Waals surface area (Å²) in [5.41, 5.74) is 0. The molecule has 1 unspecified atom stereocenters. The zero-order valence-electron chi connectivity index (χ0n) is 10.6. The SMILES string of the molecule is CN(CC1CCCC1)C(=O)C1CC(F)(F)CN1.Cl. The quantitative estimate of drug-likeness (QED) is 0.859. The smallest absolute Gasteiger partial charge is 0.262 e. The molecule has 1 heterocycles. The zero-order chi connectivity index (χ0) is 12.5. The van der Waals surface area contributed by atoms with Crippen molar-refractivity contribution in [1.82, 2.24) is 10.2 Å². The topological polar surface area (TPSA) is 32.3 Å². The molecule has 6 heteroatoms. The lowest BCUT2D eigenvalue weighted by atomic mass is 10.1. The lowest BCUT2D eigenvalue weighted by Gasteiger charge is -2.24. The van der Waals surface area contributed by atoms with Gasteiger partial charge in [0.15, 0.2) is 0 Å². The highest BCUT2D eigenvalue weighted by molar-refractivity contribution is 5.85. The highest BCUT2D eigenvalue weighted by atomic mass is 35.5. The zero-order valence-corrected chi connectivity index (χ0v) is 11.4. The highest BCUT2D eigenvalue weighted by Gasteiger charge is 2.43. The van der Waals surface area contributed by atoms with Crippen LogP contribution in [0.15, 0.2) is 0 Å². The Kier molecular flexibility index (Phi) is 5.34. The number of nitrogens with one attached hydrogen (secondary N) is 1. The van der Waals surface area contributed by atoms with Gasteiger partial charge in [0, 0.05) is 20.0 Å². The molecule has 106 valence electrons. The molecule has 1 saturated carbocycles. The van der Waals surface area contributed by atoms with Crippen LogP contribution in [0.25, 0.3) is 0 Å². The lowest BCUT2D eigenvalue weighted by molar-refractivity contribution is -0.132. The Balaban J connectivity index is 0.00000162. The predicted octanol–water partition coefficient (Wildman–Crippen LogP) is 2.05. The Labute approximate surface area is 113 Å². The average molecular weight is 283 g/mol. The Bertz CT molecular complexity index is 296. The Morgan fingerprint density at radius 1 is 1.39 bits per heavy atom. The summed E-state index contributed by atoms with van der Waals surface area (Å²) in [7, 11) is 1.72. The molecule has 1 aliphatic carbocycles. The van der Waals surface area contributed by atoms with Gasteiger partial charge in [-0.15, -0.1) is 12.4 Å². The summed E-state index contributed by atoms with van der Waals surface area (Å²) in [5, 5.41) is 2.61. The van der Waals surface area contributed by atoms with Gasteiger partial charge in [0.05, 0.1) is 12.6 Å². The lowest BCUT2D eigenvalue weighted by Crippen LogP contribution is -2.43. The first-order valence-corrected chi connectivity index (χ1v) is 6.34. The van der Waals surface area contributed by atoms with E-state index in [1.165, 1.54) is 12.8 Å². The van der Waals surface area contributed by atoms with Gasteiger partial charge in [-0.1, -0.05) is 12.8 Å². The number of carbonyl (C=O) groups is 1. The van der Waals surface area contributed by atoms with Crippen LogP contribution in [-0.2, 0) is 4.79 Å². The molecule has 0 spiro atoms. The summed E-state index contributed by atoms with van der Waals surface area (Å²) in [6.07, 6.45) is 4.41. The number of likely N-dealkylation sites (N-methyl/N-ethyl adjacent to an activating group) is 1. The molecule has 2 aliphatic rings. The predicted molar refractivity (Wildman–Crippen MR) is 68.2 cm³/mol. The average Bonchev–Trinajstić information content (AvgIpc) is 2.86. The summed E-state index contributed by atoms with van der Waals surface area (Å²) >= 11 is 0. The normalized spacial score (nSPS) is 26.9. The highest BCUT2D eigenvalue weighted by Crippen LogP contribution is 2.28. The molecular weight excluding hydrogens is 262 g/mol. The van der Waals surface area contributed by atoms with Crippen molar-refractivity contribution in [3.63, 3.8) is 0 Å². The van der Waals surface area contributed by atoms with E-state index >= 15 is 0 Å². The van der Waals surface area contributed by atoms with E-state index in [-0.39, 0.29) is 31.3 Å². The van der Waals surface area contributed by atoms with Crippen LogP contribution < -0.4 is 5.32 Å². The van der Waals surface area contributed by atoms with Gasteiger partial charge in [0.25, 0.3) is 5.92 Å². The van der Waals surface area contributed by atoms with Gasteiger partial charge < -0.3 is 4.90 Å². The van der Waals surface area contributed by atoms with Gasteiger partial charge in [0.1, 0.15) is 0 Å². The van der Waals surface area contributed by atoms with E-state index < -0.39 is 12.0 Å². The fraction of sp³-hybridized carbons (Fsp3) is 0.917. The van der Waals surface area contributed by atoms with Crippen molar-refractivity contribution in [2.45, 2.75) is 44.1 Å². The van der Waals surface area contributed by atoms with E-state index in [4.69, 9.17) is 0 Å². The number of amides is 1. The molecule has 0 aromatic rings. The number of hydrogen-bond donors (Lipinski definition) is 1. The molecule has 1 saturated heterocycles. The number of alkyl halides is 2. The molecule has 0 aromatic heterocycles. The van der Waals surface area contributed by atoms with Crippen molar-refractivity contribution in [2.75, 3.05) is 20.1 Å². The van der Waals surface area contributed by atoms with Crippen molar-refractivity contribution < 1.29 is 13.6 Å². The van der Waals surface area contributed by atoms with Crippen LogP contribution in [0.4, 0.5) is 8.78 Å². The van der Waals surface area contributed by atoms with Gasteiger partial charge in [-0.3, -0.25) is 10.1 Å². The number of halogens is 3. The third kappa shape index (κ3) is 3.79. The van der Waals surface area contributed by atoms with Crippen molar-refractivity contribution in [1.29, 1.82) is 0 Å². The summed E-state index contributed by atoms with van der Waals surface area (Å²) < 4.78 is 26.0. The maximum absolute atomic E-state index is 13.0. The van der Waals surface area contributed by atoms with Crippen molar-refractivity contribution in [3.8, 4) is 0 Å². The van der Waals surface area contributed by atoms with Gasteiger partial charge in [-0.05, 0) is 18.8 Å². The second-order valence-corrected chi connectivity index (χ2v) is 5.36. The van der Waals surface area contributed by atoms with Gasteiger partial charge in [0.2, 0.25) is 5.91 Å². The van der Waals surface area contributed by atoms with Crippen LogP contribution in [-0.4, -0.2) is 42.9 Å². The maximum atomic E-state index is 13.0. The van der Waals surface area contributed by atoms with Crippen LogP contribution in [0, 0.1) is 5.92 Å². The van der Waals surface area contributed by atoms with E-state index in [2.05, 4.69) is 5.32 Å². The minimum Gasteiger partial charge on any atom is -0.344 e. The second kappa shape index (κ2) is 6.15. The van der Waals surface area contributed by atoms with Crippen molar-refractivity contribution in [2.24, 2.45) is 5.92 Å². The molecule has 0 radical (unpaired) electrons. The Hall–Kier alpha value is -0.420. The molecule has 2 rings (SSSR count). The van der Waals surface area contributed by atoms with E-state index in [1.807, 2.05) is 0 Å². The maximum Gasteiger partial charge on any atom is 0.262 e. The molecule has 1 aliphatic heterocycles. The molecule has 2 fully saturated rings. The summed E-state index contributed by atoms with van der Waals surface area (Å²) in [6, 6.07) is -0.698. The molecule has 1 atom stereocenters. The van der Waals surface area contributed by atoms with Crippen LogP contribution >= 0.6 is 12.4 Å².